The molecule has 0 aliphatic rings. The van der Waals surface area contributed by atoms with Crippen LogP contribution in [0.25, 0.3) is 0 Å². The highest BCUT2D eigenvalue weighted by Gasteiger charge is 2.19. The molecule has 72 heavy (non-hydrogen) atoms. The third kappa shape index (κ3) is 56.5. The van der Waals surface area contributed by atoms with E-state index in [0.29, 0.717) is 12.8 Å². The zero-order valence-corrected chi connectivity index (χ0v) is 46.4. The van der Waals surface area contributed by atoms with Crippen LogP contribution >= 0.6 is 0 Å². The second-order valence-electron chi connectivity index (χ2n) is 19.0. The van der Waals surface area contributed by atoms with E-state index in [0.717, 1.165) is 89.9 Å². The van der Waals surface area contributed by atoms with Crippen molar-refractivity contribution in [2.45, 2.75) is 252 Å². The van der Waals surface area contributed by atoms with E-state index in [2.05, 4.69) is 130 Å². The lowest BCUT2D eigenvalue weighted by molar-refractivity contribution is -0.167. The lowest BCUT2D eigenvalue weighted by Gasteiger charge is -2.18. The number of rotatable bonds is 51. The summed E-state index contributed by atoms with van der Waals surface area (Å²) < 4.78 is 16.8. The van der Waals surface area contributed by atoms with E-state index in [1.807, 2.05) is 24.3 Å². The smallest absolute Gasteiger partial charge is 0.306 e. The summed E-state index contributed by atoms with van der Waals surface area (Å²) in [6.45, 7) is 6.42. The Morgan fingerprint density at radius 2 is 0.597 bits per heavy atom. The van der Waals surface area contributed by atoms with Gasteiger partial charge in [0.15, 0.2) is 6.10 Å². The summed E-state index contributed by atoms with van der Waals surface area (Å²) in [5, 5.41) is 0. The Hall–Kier alpha value is -4.45. The van der Waals surface area contributed by atoms with Crippen molar-refractivity contribution in [2.75, 3.05) is 13.2 Å². The molecule has 0 aromatic carbocycles. The molecule has 0 fully saturated rings. The van der Waals surface area contributed by atoms with Crippen molar-refractivity contribution in [2.24, 2.45) is 0 Å². The van der Waals surface area contributed by atoms with Crippen LogP contribution in [0.5, 0.6) is 0 Å². The molecule has 406 valence electrons. The molecule has 1 unspecified atom stereocenters. The topological polar surface area (TPSA) is 78.9 Å². The van der Waals surface area contributed by atoms with E-state index in [1.54, 1.807) is 0 Å². The number of unbranched alkanes of at least 4 members (excludes halogenated alkanes) is 23. The van der Waals surface area contributed by atoms with E-state index in [4.69, 9.17) is 14.2 Å². The molecule has 0 aliphatic heterocycles. The summed E-state index contributed by atoms with van der Waals surface area (Å²) in [7, 11) is 0. The van der Waals surface area contributed by atoms with Crippen LogP contribution in [0.15, 0.2) is 134 Å². The molecule has 0 spiro atoms. The quantitative estimate of drug-likeness (QED) is 0.0199. The fraction of sp³-hybridized carbons (Fsp3) is 0.621. The van der Waals surface area contributed by atoms with Gasteiger partial charge in [-0.1, -0.05) is 257 Å². The van der Waals surface area contributed by atoms with Gasteiger partial charge in [-0.2, -0.15) is 0 Å². The van der Waals surface area contributed by atoms with Crippen molar-refractivity contribution in [3.8, 4) is 0 Å². The van der Waals surface area contributed by atoms with Crippen LogP contribution in [0.4, 0.5) is 0 Å². The summed E-state index contributed by atoms with van der Waals surface area (Å²) in [6.07, 6.45) is 82.9. The molecule has 0 aromatic heterocycles. The van der Waals surface area contributed by atoms with E-state index in [9.17, 15) is 14.4 Å². The fourth-order valence-electron chi connectivity index (χ4n) is 7.57. The van der Waals surface area contributed by atoms with Crippen molar-refractivity contribution in [3.05, 3.63) is 134 Å². The molecule has 1 atom stereocenters. The second-order valence-corrected chi connectivity index (χ2v) is 19.0. The molecule has 0 rings (SSSR count). The standard InChI is InChI=1S/C66H106O6/c1-4-7-10-13-16-19-22-25-28-31-33-36-38-41-44-47-50-53-56-59-65(68)71-62-63(61-70-64(67)58-55-52-49-46-43-40-37-34-30-27-24-21-18-15-12-9-6-3)72-66(69)60-57-54-51-48-45-42-39-35-32-29-26-23-20-17-14-11-8-5-2/h11,14,16-23,25-27,29-30,32,35,37,39-40,46,49,63H,4-10,12-13,15,24,28,31,33-34,36,38,41-45,47-48,50-62H2,1-3H3/b14-11-,19-16-,20-17-,21-18-,25-22-,26-23-,30-27-,32-29-,39-35-,40-37-,49-46-. The predicted octanol–water partition coefficient (Wildman–Crippen LogP) is 19.8. The summed E-state index contributed by atoms with van der Waals surface area (Å²) in [6, 6.07) is 0. The Morgan fingerprint density at radius 3 is 1.03 bits per heavy atom. The maximum Gasteiger partial charge on any atom is 0.306 e. The monoisotopic (exact) mass is 995 g/mol. The largest absolute Gasteiger partial charge is 0.462 e. The average Bonchev–Trinajstić information content (AvgIpc) is 3.38. The summed E-state index contributed by atoms with van der Waals surface area (Å²) in [5.41, 5.74) is 0. The number of esters is 3. The molecule has 0 bridgehead atoms. The van der Waals surface area contributed by atoms with Gasteiger partial charge in [0.25, 0.3) is 0 Å². The molecule has 0 N–H and O–H groups in total. The number of carbonyl (C=O) groups is 3. The van der Waals surface area contributed by atoms with Gasteiger partial charge in [0.2, 0.25) is 0 Å². The third-order valence-electron chi connectivity index (χ3n) is 12.0. The first kappa shape index (κ1) is 67.5. The molecule has 0 aliphatic carbocycles. The van der Waals surface area contributed by atoms with Crippen LogP contribution in [-0.4, -0.2) is 37.2 Å². The minimum atomic E-state index is -0.821. The van der Waals surface area contributed by atoms with Crippen LogP contribution < -0.4 is 0 Å². The maximum absolute atomic E-state index is 12.9. The van der Waals surface area contributed by atoms with Crippen molar-refractivity contribution in [1.82, 2.24) is 0 Å². The Balaban J connectivity index is 4.55. The number of allylic oxidation sites excluding steroid dienone is 22. The van der Waals surface area contributed by atoms with Gasteiger partial charge in [-0.25, -0.2) is 0 Å². The van der Waals surface area contributed by atoms with Crippen molar-refractivity contribution in [1.29, 1.82) is 0 Å². The Labute approximate surface area is 443 Å². The van der Waals surface area contributed by atoms with Gasteiger partial charge in [0.1, 0.15) is 13.2 Å². The van der Waals surface area contributed by atoms with E-state index in [1.165, 1.54) is 109 Å². The van der Waals surface area contributed by atoms with Crippen LogP contribution in [-0.2, 0) is 28.6 Å². The molecular formula is C66H106O6. The van der Waals surface area contributed by atoms with Gasteiger partial charge in [0.05, 0.1) is 0 Å². The summed E-state index contributed by atoms with van der Waals surface area (Å²) in [5.74, 6) is -1.00. The van der Waals surface area contributed by atoms with Gasteiger partial charge in [-0.15, -0.1) is 0 Å². The van der Waals surface area contributed by atoms with E-state index in [-0.39, 0.29) is 44.0 Å². The highest BCUT2D eigenvalue weighted by atomic mass is 16.6. The first-order valence-electron chi connectivity index (χ1n) is 29.3. The van der Waals surface area contributed by atoms with Crippen molar-refractivity contribution < 1.29 is 28.6 Å². The van der Waals surface area contributed by atoms with Gasteiger partial charge in [0, 0.05) is 19.3 Å². The van der Waals surface area contributed by atoms with Crippen LogP contribution in [0.1, 0.15) is 245 Å². The first-order chi connectivity index (χ1) is 35.5. The Kier molecular flexibility index (Phi) is 55.5. The van der Waals surface area contributed by atoms with E-state index < -0.39 is 6.10 Å². The number of hydrogen-bond donors (Lipinski definition) is 0. The van der Waals surface area contributed by atoms with Gasteiger partial charge in [-0.05, 0) is 103 Å². The van der Waals surface area contributed by atoms with Crippen LogP contribution in [0.3, 0.4) is 0 Å². The van der Waals surface area contributed by atoms with E-state index >= 15 is 0 Å². The van der Waals surface area contributed by atoms with Gasteiger partial charge < -0.3 is 14.2 Å². The van der Waals surface area contributed by atoms with Gasteiger partial charge in [-0.3, -0.25) is 14.4 Å². The Bertz CT molecular complexity index is 1560. The van der Waals surface area contributed by atoms with Crippen molar-refractivity contribution >= 4 is 17.9 Å². The molecule has 0 amide bonds. The molecular weight excluding hydrogens is 889 g/mol. The molecule has 0 radical (unpaired) electrons. The molecule has 0 saturated heterocycles. The van der Waals surface area contributed by atoms with Crippen LogP contribution in [0, 0.1) is 0 Å². The summed E-state index contributed by atoms with van der Waals surface area (Å²) in [4.78, 5) is 38.2. The minimum Gasteiger partial charge on any atom is -0.462 e. The lowest BCUT2D eigenvalue weighted by atomic mass is 10.1. The zero-order valence-electron chi connectivity index (χ0n) is 46.4. The molecule has 6 heteroatoms. The predicted molar refractivity (Wildman–Crippen MR) is 311 cm³/mol. The average molecular weight is 996 g/mol. The summed E-state index contributed by atoms with van der Waals surface area (Å²) >= 11 is 0. The molecule has 0 aromatic rings. The minimum absolute atomic E-state index is 0.112. The van der Waals surface area contributed by atoms with Gasteiger partial charge >= 0.3 is 17.9 Å². The lowest BCUT2D eigenvalue weighted by Crippen LogP contribution is -2.30. The highest BCUT2D eigenvalue weighted by molar-refractivity contribution is 5.71. The van der Waals surface area contributed by atoms with Crippen LogP contribution in [0.2, 0.25) is 0 Å². The number of ether oxygens (including phenoxy) is 3. The fourth-order valence-corrected chi connectivity index (χ4v) is 7.57. The Morgan fingerprint density at radius 1 is 0.292 bits per heavy atom. The number of carbonyl (C=O) groups excluding carboxylic acids is 3. The SMILES string of the molecule is CCC\C=C/C=C\C=C/C=C\C=C/CCCCCCCC(=O)OC(COC(=O)CCC/C=C\C/C=C\C/C=C\C/C=C\CCCCC)COC(=O)CCCCCCCCCCCC/C=C\C=C/CCCCC. The number of hydrogen-bond acceptors (Lipinski definition) is 6. The molecule has 0 heterocycles. The second kappa shape index (κ2) is 59.1. The molecule has 6 nitrogen and oxygen atoms in total. The highest BCUT2D eigenvalue weighted by Crippen LogP contribution is 2.14. The third-order valence-corrected chi connectivity index (χ3v) is 12.0. The zero-order chi connectivity index (χ0) is 52.2. The van der Waals surface area contributed by atoms with Crippen molar-refractivity contribution in [3.63, 3.8) is 0 Å². The molecule has 0 saturated carbocycles. The normalized spacial score (nSPS) is 13.1. The first-order valence-corrected chi connectivity index (χ1v) is 29.3. The maximum atomic E-state index is 12.9.